The number of aromatic nitrogens is 2. The van der Waals surface area contributed by atoms with Gasteiger partial charge in [-0.3, -0.25) is 0 Å². The van der Waals surface area contributed by atoms with Crippen molar-refractivity contribution in [2.75, 3.05) is 7.05 Å². The van der Waals surface area contributed by atoms with Crippen LogP contribution in [-0.4, -0.2) is 17.0 Å². The third-order valence-electron chi connectivity index (χ3n) is 3.83. The largest absolute Gasteiger partial charge is 0.313 e. The van der Waals surface area contributed by atoms with Crippen LogP contribution in [0.25, 0.3) is 0 Å². The Hall–Kier alpha value is -1.81. The van der Waals surface area contributed by atoms with Crippen molar-refractivity contribution in [3.05, 3.63) is 58.9 Å². The molecule has 3 rings (SSSR count). The van der Waals surface area contributed by atoms with Gasteiger partial charge in [-0.1, -0.05) is 12.1 Å². The Kier molecular flexibility index (Phi) is 3.74. The summed E-state index contributed by atoms with van der Waals surface area (Å²) in [6.45, 7) is 0. The molecule has 0 amide bonds. The Morgan fingerprint density at radius 2 is 2.30 bits per heavy atom. The number of rotatable bonds is 3. The average molecular weight is 271 g/mol. The maximum absolute atomic E-state index is 13.2. The first-order valence-electron chi connectivity index (χ1n) is 7.02. The standard InChI is InChI=1S/C16H18FN3/c1-18-14-6-3-7-15-13(14)10-19-16(20-15)9-11-4-2-5-12(17)8-11/h2,4-5,8,10,14,18H,3,6-7,9H2,1H3. The molecular formula is C16H18FN3. The van der Waals surface area contributed by atoms with E-state index < -0.39 is 0 Å². The Labute approximate surface area is 118 Å². The van der Waals surface area contributed by atoms with Gasteiger partial charge in [0.05, 0.1) is 0 Å². The molecule has 1 unspecified atom stereocenters. The van der Waals surface area contributed by atoms with Crippen molar-refractivity contribution in [3.8, 4) is 0 Å². The summed E-state index contributed by atoms with van der Waals surface area (Å²) in [6.07, 6.45) is 5.80. The Morgan fingerprint density at radius 1 is 1.40 bits per heavy atom. The molecule has 0 fully saturated rings. The van der Waals surface area contributed by atoms with Crippen molar-refractivity contribution in [1.29, 1.82) is 0 Å². The van der Waals surface area contributed by atoms with E-state index in [2.05, 4.69) is 15.3 Å². The highest BCUT2D eigenvalue weighted by Crippen LogP contribution is 2.27. The predicted molar refractivity (Wildman–Crippen MR) is 76.0 cm³/mol. The van der Waals surface area contributed by atoms with E-state index in [0.29, 0.717) is 12.5 Å². The molecule has 3 nitrogen and oxygen atoms in total. The van der Waals surface area contributed by atoms with Crippen molar-refractivity contribution in [1.82, 2.24) is 15.3 Å². The van der Waals surface area contributed by atoms with E-state index in [1.165, 1.54) is 11.6 Å². The van der Waals surface area contributed by atoms with Crippen LogP contribution in [0.3, 0.4) is 0 Å². The molecule has 0 saturated heterocycles. The van der Waals surface area contributed by atoms with E-state index in [-0.39, 0.29) is 5.82 Å². The number of halogens is 1. The second-order valence-corrected chi connectivity index (χ2v) is 5.23. The van der Waals surface area contributed by atoms with Crippen LogP contribution in [0.4, 0.5) is 4.39 Å². The highest BCUT2D eigenvalue weighted by Gasteiger charge is 2.20. The summed E-state index contributed by atoms with van der Waals surface area (Å²) in [4.78, 5) is 9.10. The first kappa shape index (κ1) is 13.2. The van der Waals surface area contributed by atoms with Crippen molar-refractivity contribution < 1.29 is 4.39 Å². The lowest BCUT2D eigenvalue weighted by atomic mass is 9.92. The fourth-order valence-corrected chi connectivity index (χ4v) is 2.80. The van der Waals surface area contributed by atoms with E-state index in [4.69, 9.17) is 0 Å². The molecule has 1 heterocycles. The fourth-order valence-electron chi connectivity index (χ4n) is 2.80. The van der Waals surface area contributed by atoms with Gasteiger partial charge < -0.3 is 5.32 Å². The minimum absolute atomic E-state index is 0.212. The molecule has 0 aliphatic heterocycles. The third kappa shape index (κ3) is 2.70. The van der Waals surface area contributed by atoms with Gasteiger partial charge in [0.2, 0.25) is 0 Å². The van der Waals surface area contributed by atoms with Gasteiger partial charge in [-0.2, -0.15) is 0 Å². The second-order valence-electron chi connectivity index (χ2n) is 5.23. The summed E-state index contributed by atoms with van der Waals surface area (Å²) in [5.41, 5.74) is 3.25. The Bertz CT molecular complexity index is 612. The van der Waals surface area contributed by atoms with Crippen molar-refractivity contribution >= 4 is 0 Å². The first-order valence-corrected chi connectivity index (χ1v) is 7.02. The summed E-state index contributed by atoms with van der Waals surface area (Å²) in [6, 6.07) is 6.98. The molecule has 1 aliphatic rings. The van der Waals surface area contributed by atoms with Crippen molar-refractivity contribution in [2.45, 2.75) is 31.7 Å². The van der Waals surface area contributed by atoms with Crippen LogP contribution in [0.15, 0.2) is 30.5 Å². The SMILES string of the molecule is CNC1CCCc2nc(Cc3cccc(F)c3)ncc21. The Balaban J connectivity index is 1.85. The summed E-state index contributed by atoms with van der Waals surface area (Å²) < 4.78 is 13.2. The minimum atomic E-state index is -0.212. The highest BCUT2D eigenvalue weighted by molar-refractivity contribution is 5.26. The zero-order valence-corrected chi connectivity index (χ0v) is 11.6. The number of hydrogen-bond acceptors (Lipinski definition) is 3. The molecule has 0 saturated carbocycles. The molecule has 2 aromatic rings. The lowest BCUT2D eigenvalue weighted by molar-refractivity contribution is 0.485. The summed E-state index contributed by atoms with van der Waals surface area (Å²) in [5.74, 6) is 0.557. The third-order valence-corrected chi connectivity index (χ3v) is 3.83. The molecule has 0 radical (unpaired) electrons. The maximum Gasteiger partial charge on any atom is 0.132 e. The van der Waals surface area contributed by atoms with E-state index in [9.17, 15) is 4.39 Å². The number of hydrogen-bond donors (Lipinski definition) is 1. The maximum atomic E-state index is 13.2. The first-order chi connectivity index (χ1) is 9.76. The van der Waals surface area contributed by atoms with Gasteiger partial charge in [0.15, 0.2) is 0 Å². The molecule has 4 heteroatoms. The number of benzene rings is 1. The number of fused-ring (bicyclic) bond motifs is 1. The lowest BCUT2D eigenvalue weighted by Crippen LogP contribution is -2.23. The molecule has 1 aliphatic carbocycles. The van der Waals surface area contributed by atoms with Crippen molar-refractivity contribution in [2.24, 2.45) is 0 Å². The van der Waals surface area contributed by atoms with Crippen LogP contribution in [0.1, 0.15) is 41.5 Å². The molecule has 1 aromatic heterocycles. The molecule has 1 N–H and O–H groups in total. The fraction of sp³-hybridized carbons (Fsp3) is 0.375. The van der Waals surface area contributed by atoms with Crippen LogP contribution >= 0.6 is 0 Å². The highest BCUT2D eigenvalue weighted by atomic mass is 19.1. The van der Waals surface area contributed by atoms with Crippen LogP contribution in [0.2, 0.25) is 0 Å². The molecule has 1 atom stereocenters. The van der Waals surface area contributed by atoms with Crippen LogP contribution in [-0.2, 0) is 12.8 Å². The van der Waals surface area contributed by atoms with Crippen LogP contribution < -0.4 is 5.32 Å². The van der Waals surface area contributed by atoms with Gasteiger partial charge in [-0.15, -0.1) is 0 Å². The molecule has 0 bridgehead atoms. The van der Waals surface area contributed by atoms with Crippen molar-refractivity contribution in [3.63, 3.8) is 0 Å². The summed E-state index contributed by atoms with van der Waals surface area (Å²) >= 11 is 0. The van der Waals surface area contributed by atoms with E-state index in [1.54, 1.807) is 12.1 Å². The van der Waals surface area contributed by atoms with Gasteiger partial charge in [-0.05, 0) is 44.0 Å². The number of nitrogens with one attached hydrogen (secondary N) is 1. The normalized spacial score (nSPS) is 17.8. The quantitative estimate of drug-likeness (QED) is 0.932. The molecule has 1 aromatic carbocycles. The monoisotopic (exact) mass is 271 g/mol. The van der Waals surface area contributed by atoms with Gasteiger partial charge >= 0.3 is 0 Å². The Morgan fingerprint density at radius 3 is 3.10 bits per heavy atom. The van der Waals surface area contributed by atoms with Crippen LogP contribution in [0, 0.1) is 5.82 Å². The number of aryl methyl sites for hydroxylation is 1. The van der Waals surface area contributed by atoms with E-state index in [0.717, 1.165) is 36.3 Å². The smallest absolute Gasteiger partial charge is 0.132 e. The molecule has 20 heavy (non-hydrogen) atoms. The van der Waals surface area contributed by atoms with Gasteiger partial charge in [-0.25, -0.2) is 14.4 Å². The van der Waals surface area contributed by atoms with Gasteiger partial charge in [0.1, 0.15) is 11.6 Å². The molecule has 0 spiro atoms. The summed E-state index contributed by atoms with van der Waals surface area (Å²) in [7, 11) is 1.97. The zero-order chi connectivity index (χ0) is 13.9. The predicted octanol–water partition coefficient (Wildman–Crippen LogP) is 2.80. The van der Waals surface area contributed by atoms with E-state index >= 15 is 0 Å². The molecular weight excluding hydrogens is 253 g/mol. The number of nitrogens with zero attached hydrogens (tertiary/aromatic N) is 2. The van der Waals surface area contributed by atoms with Gasteiger partial charge in [0.25, 0.3) is 0 Å². The zero-order valence-electron chi connectivity index (χ0n) is 11.6. The minimum Gasteiger partial charge on any atom is -0.313 e. The molecule has 104 valence electrons. The second kappa shape index (κ2) is 5.67. The lowest BCUT2D eigenvalue weighted by Gasteiger charge is -2.24. The average Bonchev–Trinajstić information content (AvgIpc) is 2.46. The van der Waals surface area contributed by atoms with Crippen LogP contribution in [0.5, 0.6) is 0 Å². The topological polar surface area (TPSA) is 37.8 Å². The van der Waals surface area contributed by atoms with E-state index in [1.807, 2.05) is 19.3 Å². The summed E-state index contributed by atoms with van der Waals surface area (Å²) in [5, 5.41) is 3.31. The van der Waals surface area contributed by atoms with Gasteiger partial charge in [0, 0.05) is 29.9 Å².